The summed E-state index contributed by atoms with van der Waals surface area (Å²) >= 11 is 1.94. The maximum absolute atomic E-state index is 5.87. The second kappa shape index (κ2) is 6.33. The van der Waals surface area contributed by atoms with E-state index >= 15 is 0 Å². The van der Waals surface area contributed by atoms with Crippen LogP contribution in [0.1, 0.15) is 56.7 Å². The second-order valence-corrected chi connectivity index (χ2v) is 10.0. The Morgan fingerprint density at radius 1 is 1.12 bits per heavy atom. The highest BCUT2D eigenvalue weighted by molar-refractivity contribution is 7.10. The molecule has 3 fully saturated rings. The number of hydrogen-bond acceptors (Lipinski definition) is 4. The molecule has 4 heteroatoms. The molecule has 3 aliphatic rings. The van der Waals surface area contributed by atoms with Crippen LogP contribution in [0.3, 0.4) is 0 Å². The van der Waals surface area contributed by atoms with Crippen molar-refractivity contribution in [3.63, 3.8) is 0 Å². The SMILES string of the molecule is COC1(C(C)N2CCC3(CCC(c4cccs4)(N(C)C)CC3)C2)CC1. The van der Waals surface area contributed by atoms with Gasteiger partial charge in [0.05, 0.1) is 11.1 Å². The molecular weight excluding hydrogens is 328 g/mol. The fourth-order valence-corrected chi connectivity index (χ4v) is 6.68. The Bertz CT molecular complexity index is 585. The Hall–Kier alpha value is -0.420. The van der Waals surface area contributed by atoms with Crippen molar-refractivity contribution in [2.24, 2.45) is 5.41 Å². The smallest absolute Gasteiger partial charge is 0.0832 e. The van der Waals surface area contributed by atoms with Crippen molar-refractivity contribution < 1.29 is 4.74 Å². The van der Waals surface area contributed by atoms with Gasteiger partial charge in [0.15, 0.2) is 0 Å². The molecule has 1 saturated heterocycles. The van der Waals surface area contributed by atoms with E-state index in [1.807, 2.05) is 18.4 Å². The lowest BCUT2D eigenvalue weighted by atomic mass is 9.66. The summed E-state index contributed by atoms with van der Waals surface area (Å²) in [6, 6.07) is 5.14. The molecule has 4 rings (SSSR count). The lowest BCUT2D eigenvalue weighted by Crippen LogP contribution is -2.48. The van der Waals surface area contributed by atoms with Crippen LogP contribution in [0.2, 0.25) is 0 Å². The van der Waals surface area contributed by atoms with Crippen LogP contribution in [0.5, 0.6) is 0 Å². The molecule has 3 nitrogen and oxygen atoms in total. The zero-order chi connectivity index (χ0) is 17.7. The zero-order valence-corrected chi connectivity index (χ0v) is 17.2. The Balaban J connectivity index is 1.45. The number of nitrogens with zero attached hydrogens (tertiary/aromatic N) is 2. The van der Waals surface area contributed by atoms with Crippen LogP contribution in [0, 0.1) is 5.41 Å². The van der Waals surface area contributed by atoms with Crippen LogP contribution >= 0.6 is 11.3 Å². The van der Waals surface area contributed by atoms with Crippen LogP contribution in [0.4, 0.5) is 0 Å². The third-order valence-electron chi connectivity index (χ3n) is 7.90. The molecule has 1 aromatic heterocycles. The summed E-state index contributed by atoms with van der Waals surface area (Å²) in [5, 5.41) is 2.24. The Labute approximate surface area is 157 Å². The minimum absolute atomic E-state index is 0.171. The normalized spacial score (nSPS) is 36.2. The molecule has 2 aliphatic carbocycles. The van der Waals surface area contributed by atoms with Crippen molar-refractivity contribution in [1.29, 1.82) is 0 Å². The standard InChI is InChI=1S/C21H34N2OS/c1-17(21(24-4)11-12-21)23-14-13-19(16-23)7-9-20(10-8-19,22(2)3)18-6-5-15-25-18/h5-6,15,17H,7-14,16H2,1-4H3. The third-order valence-corrected chi connectivity index (χ3v) is 8.96. The van der Waals surface area contributed by atoms with Gasteiger partial charge in [0.2, 0.25) is 0 Å². The molecule has 0 amide bonds. The van der Waals surface area contributed by atoms with Gasteiger partial charge in [-0.2, -0.15) is 0 Å². The highest BCUT2D eigenvalue weighted by Crippen LogP contribution is 2.54. The topological polar surface area (TPSA) is 15.7 Å². The molecule has 0 aromatic carbocycles. The molecule has 2 saturated carbocycles. The number of methoxy groups -OCH3 is 1. The third kappa shape index (κ3) is 2.90. The monoisotopic (exact) mass is 362 g/mol. The maximum Gasteiger partial charge on any atom is 0.0832 e. The quantitative estimate of drug-likeness (QED) is 0.775. The van der Waals surface area contributed by atoms with E-state index in [0.29, 0.717) is 11.5 Å². The van der Waals surface area contributed by atoms with Gasteiger partial charge in [0.25, 0.3) is 0 Å². The average molecular weight is 363 g/mol. The summed E-state index contributed by atoms with van der Waals surface area (Å²) in [5.41, 5.74) is 0.988. The highest BCUT2D eigenvalue weighted by Gasteiger charge is 2.54. The van der Waals surface area contributed by atoms with Gasteiger partial charge in [-0.3, -0.25) is 9.80 Å². The van der Waals surface area contributed by atoms with E-state index in [9.17, 15) is 0 Å². The number of hydrogen-bond donors (Lipinski definition) is 0. The lowest BCUT2D eigenvalue weighted by molar-refractivity contribution is -0.00259. The number of likely N-dealkylation sites (tertiary alicyclic amines) is 1. The largest absolute Gasteiger partial charge is 0.377 e. The van der Waals surface area contributed by atoms with Crippen LogP contribution in [-0.2, 0) is 10.3 Å². The van der Waals surface area contributed by atoms with Gasteiger partial charge in [-0.15, -0.1) is 11.3 Å². The predicted molar refractivity (Wildman–Crippen MR) is 105 cm³/mol. The molecule has 0 bridgehead atoms. The summed E-state index contributed by atoms with van der Waals surface area (Å²) in [6.45, 7) is 4.95. The van der Waals surface area contributed by atoms with E-state index in [1.165, 1.54) is 58.0 Å². The minimum Gasteiger partial charge on any atom is -0.377 e. The van der Waals surface area contributed by atoms with Crippen molar-refractivity contribution in [2.75, 3.05) is 34.3 Å². The highest BCUT2D eigenvalue weighted by atomic mass is 32.1. The summed E-state index contributed by atoms with van der Waals surface area (Å²) in [6.07, 6.45) is 9.21. The Morgan fingerprint density at radius 2 is 1.84 bits per heavy atom. The number of rotatable bonds is 5. The zero-order valence-electron chi connectivity index (χ0n) is 16.4. The van der Waals surface area contributed by atoms with Gasteiger partial charge in [-0.05, 0) is 89.4 Å². The molecule has 1 aliphatic heterocycles. The molecule has 0 radical (unpaired) electrons. The van der Waals surface area contributed by atoms with E-state index in [0.717, 1.165) is 0 Å². The van der Waals surface area contributed by atoms with E-state index in [4.69, 9.17) is 4.74 Å². The van der Waals surface area contributed by atoms with Crippen LogP contribution in [0.25, 0.3) is 0 Å². The van der Waals surface area contributed by atoms with Crippen molar-refractivity contribution in [3.05, 3.63) is 22.4 Å². The van der Waals surface area contributed by atoms with Crippen LogP contribution < -0.4 is 0 Å². The molecule has 140 valence electrons. The van der Waals surface area contributed by atoms with E-state index in [2.05, 4.69) is 48.3 Å². The van der Waals surface area contributed by atoms with Gasteiger partial charge in [0.1, 0.15) is 0 Å². The first-order valence-electron chi connectivity index (χ1n) is 9.96. The van der Waals surface area contributed by atoms with Crippen LogP contribution in [0.15, 0.2) is 17.5 Å². The van der Waals surface area contributed by atoms with Crippen molar-refractivity contribution in [3.8, 4) is 0 Å². The van der Waals surface area contributed by atoms with Crippen molar-refractivity contribution >= 4 is 11.3 Å². The second-order valence-electron chi connectivity index (χ2n) is 9.07. The van der Waals surface area contributed by atoms with Crippen molar-refractivity contribution in [1.82, 2.24) is 9.80 Å². The number of ether oxygens (including phenoxy) is 1. The molecule has 2 heterocycles. The summed E-state index contributed by atoms with van der Waals surface area (Å²) in [4.78, 5) is 6.79. The Morgan fingerprint density at radius 3 is 2.36 bits per heavy atom. The molecule has 1 aromatic rings. The maximum atomic E-state index is 5.87. The van der Waals surface area contributed by atoms with Gasteiger partial charge in [-0.1, -0.05) is 6.07 Å². The lowest BCUT2D eigenvalue weighted by Gasteiger charge is -2.48. The molecule has 0 N–H and O–H groups in total. The van der Waals surface area contributed by atoms with Gasteiger partial charge in [0, 0.05) is 24.6 Å². The molecule has 1 atom stereocenters. The molecule has 1 unspecified atom stereocenters. The number of thiophene rings is 1. The van der Waals surface area contributed by atoms with E-state index in [1.54, 1.807) is 4.88 Å². The first-order valence-corrected chi connectivity index (χ1v) is 10.8. The molecular formula is C21H34N2OS. The average Bonchev–Trinajstić information content (AvgIpc) is 3.03. The van der Waals surface area contributed by atoms with E-state index in [-0.39, 0.29) is 11.1 Å². The predicted octanol–water partition coefficient (Wildman–Crippen LogP) is 4.34. The minimum atomic E-state index is 0.171. The summed E-state index contributed by atoms with van der Waals surface area (Å²) < 4.78 is 5.87. The van der Waals surface area contributed by atoms with Gasteiger partial charge >= 0.3 is 0 Å². The molecule has 1 spiro atoms. The van der Waals surface area contributed by atoms with Crippen LogP contribution in [-0.4, -0.2) is 55.7 Å². The van der Waals surface area contributed by atoms with Crippen molar-refractivity contribution in [2.45, 2.75) is 69.1 Å². The molecule has 25 heavy (non-hydrogen) atoms. The first kappa shape index (κ1) is 18.0. The Kier molecular flexibility index (Phi) is 4.55. The van der Waals surface area contributed by atoms with E-state index < -0.39 is 0 Å². The van der Waals surface area contributed by atoms with Gasteiger partial charge in [-0.25, -0.2) is 0 Å². The fraction of sp³-hybridized carbons (Fsp3) is 0.810. The summed E-state index contributed by atoms with van der Waals surface area (Å²) in [7, 11) is 6.45. The van der Waals surface area contributed by atoms with Gasteiger partial charge < -0.3 is 4.74 Å². The first-order chi connectivity index (χ1) is 12.0. The summed E-state index contributed by atoms with van der Waals surface area (Å²) in [5.74, 6) is 0. The fourth-order valence-electron chi connectivity index (χ4n) is 5.61.